The molecule has 0 fully saturated rings. The van der Waals surface area contributed by atoms with Gasteiger partial charge in [-0.3, -0.25) is 14.5 Å². The fraction of sp³-hybridized carbons (Fsp3) is 0.333. The van der Waals surface area contributed by atoms with Gasteiger partial charge < -0.3 is 10.1 Å². The van der Waals surface area contributed by atoms with E-state index in [1.54, 1.807) is 32.0 Å². The second-order valence-electron chi connectivity index (χ2n) is 6.73. The molecule has 0 bridgehead atoms. The van der Waals surface area contributed by atoms with Gasteiger partial charge >= 0.3 is 0 Å². The number of ether oxygens (including phenoxy) is 1. The number of rotatable bonds is 8. The summed E-state index contributed by atoms with van der Waals surface area (Å²) in [6.45, 7) is 3.80. The van der Waals surface area contributed by atoms with Gasteiger partial charge in [0, 0.05) is 12.2 Å². The lowest BCUT2D eigenvalue weighted by atomic mass is 9.99. The predicted molar refractivity (Wildman–Crippen MR) is 113 cm³/mol. The second kappa shape index (κ2) is 9.80. The molecule has 0 atom stereocenters. The Morgan fingerprint density at radius 2 is 1.82 bits per heavy atom. The minimum Gasteiger partial charge on any atom is -0.495 e. The normalized spacial score (nSPS) is 11.0. The molecule has 0 radical (unpaired) electrons. The molecule has 150 valence electrons. The zero-order valence-corrected chi connectivity index (χ0v) is 17.7. The lowest BCUT2D eigenvalue weighted by Gasteiger charge is -2.37. The van der Waals surface area contributed by atoms with Crippen molar-refractivity contribution in [3.8, 4) is 5.75 Å². The Morgan fingerprint density at radius 3 is 2.39 bits per heavy atom. The summed E-state index contributed by atoms with van der Waals surface area (Å²) >= 11 is 12.0. The van der Waals surface area contributed by atoms with Crippen molar-refractivity contribution >= 4 is 40.7 Å². The SMILES string of the molecule is COc1ccc(N(C(=O)CCl)C(C)(C)C(=O)NCCc2ccccc2)cc1Cl. The van der Waals surface area contributed by atoms with Crippen LogP contribution in [0.3, 0.4) is 0 Å². The largest absolute Gasteiger partial charge is 0.495 e. The third-order valence-electron chi connectivity index (χ3n) is 4.41. The van der Waals surface area contributed by atoms with Crippen LogP contribution in [0.25, 0.3) is 0 Å². The monoisotopic (exact) mass is 422 g/mol. The number of methoxy groups -OCH3 is 1. The van der Waals surface area contributed by atoms with Crippen molar-refractivity contribution in [2.45, 2.75) is 25.8 Å². The molecule has 0 aliphatic heterocycles. The van der Waals surface area contributed by atoms with E-state index in [0.29, 0.717) is 29.4 Å². The highest BCUT2D eigenvalue weighted by Crippen LogP contribution is 2.32. The Kier molecular flexibility index (Phi) is 7.72. The molecule has 0 aliphatic carbocycles. The molecule has 0 saturated heterocycles. The number of benzene rings is 2. The molecule has 2 aromatic rings. The average molecular weight is 423 g/mol. The van der Waals surface area contributed by atoms with Crippen LogP contribution in [-0.4, -0.2) is 36.9 Å². The number of hydrogen-bond acceptors (Lipinski definition) is 3. The molecule has 2 amide bonds. The summed E-state index contributed by atoms with van der Waals surface area (Å²) in [6.07, 6.45) is 0.695. The molecule has 2 aromatic carbocycles. The van der Waals surface area contributed by atoms with Gasteiger partial charge in [-0.25, -0.2) is 0 Å². The van der Waals surface area contributed by atoms with E-state index in [1.165, 1.54) is 12.0 Å². The highest BCUT2D eigenvalue weighted by molar-refractivity contribution is 6.33. The lowest BCUT2D eigenvalue weighted by Crippen LogP contribution is -2.58. The number of carbonyl (C=O) groups is 2. The molecular formula is C21H24Cl2N2O3. The van der Waals surface area contributed by atoms with Gasteiger partial charge in [-0.1, -0.05) is 41.9 Å². The zero-order valence-electron chi connectivity index (χ0n) is 16.2. The number of nitrogens with one attached hydrogen (secondary N) is 1. The van der Waals surface area contributed by atoms with Crippen LogP contribution in [-0.2, 0) is 16.0 Å². The van der Waals surface area contributed by atoms with E-state index in [4.69, 9.17) is 27.9 Å². The molecule has 0 unspecified atom stereocenters. The van der Waals surface area contributed by atoms with Crippen LogP contribution in [0, 0.1) is 0 Å². The van der Waals surface area contributed by atoms with Crippen LogP contribution in [0.2, 0.25) is 5.02 Å². The maximum atomic E-state index is 12.9. The Hall–Kier alpha value is -2.24. The molecule has 0 aromatic heterocycles. The van der Waals surface area contributed by atoms with Crippen molar-refractivity contribution in [2.75, 3.05) is 24.4 Å². The topological polar surface area (TPSA) is 58.6 Å². The first-order chi connectivity index (χ1) is 13.3. The highest BCUT2D eigenvalue weighted by atomic mass is 35.5. The first-order valence-electron chi connectivity index (χ1n) is 8.86. The number of amides is 2. The molecule has 2 rings (SSSR count). The van der Waals surface area contributed by atoms with Crippen molar-refractivity contribution < 1.29 is 14.3 Å². The second-order valence-corrected chi connectivity index (χ2v) is 7.41. The van der Waals surface area contributed by atoms with E-state index in [2.05, 4.69) is 5.32 Å². The van der Waals surface area contributed by atoms with Gasteiger partial charge in [-0.2, -0.15) is 0 Å². The fourth-order valence-electron chi connectivity index (χ4n) is 2.92. The van der Waals surface area contributed by atoms with Crippen molar-refractivity contribution in [2.24, 2.45) is 0 Å². The number of hydrogen-bond donors (Lipinski definition) is 1. The molecule has 0 saturated carbocycles. The summed E-state index contributed by atoms with van der Waals surface area (Å²) in [5.74, 6) is -0.460. The first-order valence-corrected chi connectivity index (χ1v) is 9.77. The fourth-order valence-corrected chi connectivity index (χ4v) is 3.29. The average Bonchev–Trinajstić information content (AvgIpc) is 2.68. The molecule has 0 aliphatic rings. The van der Waals surface area contributed by atoms with E-state index in [1.807, 2.05) is 30.3 Å². The molecule has 0 spiro atoms. The third-order valence-corrected chi connectivity index (χ3v) is 4.94. The quantitative estimate of drug-likeness (QED) is 0.652. The summed E-state index contributed by atoms with van der Waals surface area (Å²) in [5, 5.41) is 3.24. The molecule has 7 heteroatoms. The number of halogens is 2. The van der Waals surface area contributed by atoms with Crippen molar-refractivity contribution in [1.82, 2.24) is 5.32 Å². The van der Waals surface area contributed by atoms with Crippen LogP contribution in [0.15, 0.2) is 48.5 Å². The van der Waals surface area contributed by atoms with Crippen LogP contribution in [0.1, 0.15) is 19.4 Å². The molecular weight excluding hydrogens is 399 g/mol. The van der Waals surface area contributed by atoms with Gasteiger partial charge in [-0.05, 0) is 44.0 Å². The maximum Gasteiger partial charge on any atom is 0.245 e. The lowest BCUT2D eigenvalue weighted by molar-refractivity contribution is -0.128. The Labute approximate surface area is 175 Å². The zero-order chi connectivity index (χ0) is 20.7. The van der Waals surface area contributed by atoms with E-state index in [9.17, 15) is 9.59 Å². The summed E-state index contributed by atoms with van der Waals surface area (Å²) in [7, 11) is 1.51. The van der Waals surface area contributed by atoms with Gasteiger partial charge in [0.2, 0.25) is 11.8 Å². The molecule has 0 heterocycles. The summed E-state index contributed by atoms with van der Waals surface area (Å²) in [4.78, 5) is 26.8. The van der Waals surface area contributed by atoms with Crippen LogP contribution in [0.5, 0.6) is 5.75 Å². The van der Waals surface area contributed by atoms with Gasteiger partial charge in [0.15, 0.2) is 0 Å². The molecule has 1 N–H and O–H groups in total. The maximum absolute atomic E-state index is 12.9. The highest BCUT2D eigenvalue weighted by Gasteiger charge is 2.38. The van der Waals surface area contributed by atoms with E-state index >= 15 is 0 Å². The van der Waals surface area contributed by atoms with Gasteiger partial charge in [0.25, 0.3) is 0 Å². The predicted octanol–water partition coefficient (Wildman–Crippen LogP) is 4.06. The standard InChI is InChI=1S/C21H24Cl2N2O3/c1-21(2,20(27)24-12-11-15-7-5-4-6-8-15)25(19(26)14-22)16-9-10-18(28-3)17(23)13-16/h4-10,13H,11-12,14H2,1-3H3,(H,24,27). The summed E-state index contributed by atoms with van der Waals surface area (Å²) in [5.41, 5.74) is 0.427. The van der Waals surface area contributed by atoms with E-state index in [0.717, 1.165) is 5.56 Å². The van der Waals surface area contributed by atoms with Crippen LogP contribution < -0.4 is 15.0 Å². The summed E-state index contributed by atoms with van der Waals surface area (Å²) in [6, 6.07) is 14.8. The minimum atomic E-state index is -1.17. The van der Waals surface area contributed by atoms with Crippen molar-refractivity contribution in [1.29, 1.82) is 0 Å². The van der Waals surface area contributed by atoms with Gasteiger partial charge in [0.05, 0.1) is 12.1 Å². The van der Waals surface area contributed by atoms with E-state index in [-0.39, 0.29) is 11.8 Å². The number of alkyl halides is 1. The molecule has 5 nitrogen and oxygen atoms in total. The van der Waals surface area contributed by atoms with Crippen LogP contribution in [0.4, 0.5) is 5.69 Å². The number of carbonyl (C=O) groups excluding carboxylic acids is 2. The summed E-state index contributed by atoms with van der Waals surface area (Å²) < 4.78 is 5.15. The smallest absolute Gasteiger partial charge is 0.245 e. The number of anilines is 1. The van der Waals surface area contributed by atoms with Crippen molar-refractivity contribution in [3.05, 3.63) is 59.1 Å². The van der Waals surface area contributed by atoms with E-state index < -0.39 is 11.4 Å². The van der Waals surface area contributed by atoms with Crippen molar-refractivity contribution in [3.63, 3.8) is 0 Å². The minimum absolute atomic E-state index is 0.260. The Morgan fingerprint density at radius 1 is 1.14 bits per heavy atom. The third kappa shape index (κ3) is 5.18. The molecule has 28 heavy (non-hydrogen) atoms. The number of nitrogens with zero attached hydrogens (tertiary/aromatic N) is 1. The Bertz CT molecular complexity index is 826. The first kappa shape index (κ1) is 22.1. The van der Waals surface area contributed by atoms with Gasteiger partial charge in [-0.15, -0.1) is 11.6 Å². The Balaban J connectivity index is 2.19. The van der Waals surface area contributed by atoms with Crippen LogP contribution >= 0.6 is 23.2 Å². The van der Waals surface area contributed by atoms with Gasteiger partial charge in [0.1, 0.15) is 17.2 Å².